The van der Waals surface area contributed by atoms with Gasteiger partial charge in [-0.15, -0.1) is 6.58 Å². The highest BCUT2D eigenvalue weighted by Gasteiger charge is 2.48. The molecule has 3 unspecified atom stereocenters. The van der Waals surface area contributed by atoms with Crippen molar-refractivity contribution >= 4 is 0 Å². The molecule has 2 saturated carbocycles. The number of fused-ring (bicyclic) bond motifs is 1. The Bertz CT molecular complexity index is 614. The molecular weight excluding hydrogens is 408 g/mol. The molecular formula is C34H64. The molecule has 0 aromatic rings. The van der Waals surface area contributed by atoms with Crippen LogP contribution < -0.4 is 0 Å². The highest BCUT2D eigenvalue weighted by atomic mass is 14.5. The van der Waals surface area contributed by atoms with Gasteiger partial charge in [0.1, 0.15) is 0 Å². The molecule has 0 bridgehead atoms. The van der Waals surface area contributed by atoms with Gasteiger partial charge < -0.3 is 0 Å². The summed E-state index contributed by atoms with van der Waals surface area (Å²) in [7, 11) is 0. The summed E-state index contributed by atoms with van der Waals surface area (Å²) in [5, 5.41) is 0. The minimum absolute atomic E-state index is 0. The van der Waals surface area contributed by atoms with E-state index in [1.165, 1.54) is 76.2 Å². The average molecular weight is 473 g/mol. The van der Waals surface area contributed by atoms with Crippen LogP contribution in [0.15, 0.2) is 48.6 Å². The third-order valence-electron chi connectivity index (χ3n) is 8.57. The van der Waals surface area contributed by atoms with Crippen molar-refractivity contribution in [2.45, 2.75) is 140 Å². The predicted octanol–water partition coefficient (Wildman–Crippen LogP) is 12.1. The van der Waals surface area contributed by atoms with Crippen molar-refractivity contribution in [3.8, 4) is 0 Å². The van der Waals surface area contributed by atoms with E-state index in [-0.39, 0.29) is 14.9 Å². The zero-order valence-corrected chi connectivity index (χ0v) is 22.9. The molecule has 0 heterocycles. The van der Waals surface area contributed by atoms with Crippen LogP contribution in [0.2, 0.25) is 0 Å². The summed E-state index contributed by atoms with van der Waals surface area (Å²) in [6.07, 6.45) is 25.2. The first-order chi connectivity index (χ1) is 15.1. The second-order valence-electron chi connectivity index (χ2n) is 12.0. The van der Waals surface area contributed by atoms with E-state index in [9.17, 15) is 0 Å². The lowest BCUT2D eigenvalue weighted by Gasteiger charge is -2.42. The van der Waals surface area contributed by atoms with Crippen molar-refractivity contribution in [1.29, 1.82) is 0 Å². The lowest BCUT2D eigenvalue weighted by Crippen LogP contribution is -2.33. The zero-order valence-electron chi connectivity index (χ0n) is 22.9. The van der Waals surface area contributed by atoms with Gasteiger partial charge in [-0.05, 0) is 92.4 Å². The third-order valence-corrected chi connectivity index (χ3v) is 8.57. The fraction of sp³-hybridized carbons (Fsp3) is 0.765. The molecule has 2 aliphatic carbocycles. The monoisotopic (exact) mass is 473 g/mol. The van der Waals surface area contributed by atoms with E-state index in [1.54, 1.807) is 11.6 Å². The van der Waals surface area contributed by atoms with E-state index in [0.717, 1.165) is 24.2 Å². The molecule has 200 valence electrons. The molecule has 2 aliphatic rings. The average Bonchev–Trinajstić information content (AvgIpc) is 3.08. The lowest BCUT2D eigenvalue weighted by atomic mass is 9.62. The normalized spacial score (nSPS) is 25.5. The first kappa shape index (κ1) is 35.1. The molecule has 3 atom stereocenters. The molecule has 0 spiro atoms. The topological polar surface area (TPSA) is 0 Å². The Morgan fingerprint density at radius 1 is 1.15 bits per heavy atom. The Kier molecular flexibility index (Phi) is 18.0. The van der Waals surface area contributed by atoms with Crippen LogP contribution in [-0.4, -0.2) is 0 Å². The largest absolute Gasteiger partial charge is 0.103 e. The molecule has 0 aromatic carbocycles. The molecule has 2 rings (SSSR count). The lowest BCUT2D eigenvalue weighted by molar-refractivity contribution is 0.127. The van der Waals surface area contributed by atoms with Crippen molar-refractivity contribution in [3.63, 3.8) is 0 Å². The van der Waals surface area contributed by atoms with Crippen LogP contribution in [0, 0.1) is 28.6 Å². The van der Waals surface area contributed by atoms with Gasteiger partial charge in [0.25, 0.3) is 0 Å². The van der Waals surface area contributed by atoms with Gasteiger partial charge in [0.05, 0.1) is 0 Å². The number of hydrogen-bond donors (Lipinski definition) is 0. The third kappa shape index (κ3) is 11.1. The summed E-state index contributed by atoms with van der Waals surface area (Å²) >= 11 is 0. The molecule has 0 N–H and O–H groups in total. The summed E-state index contributed by atoms with van der Waals surface area (Å²) in [5.74, 6) is 2.65. The molecule has 0 radical (unpaired) electrons. The molecule has 0 aromatic heterocycles. The van der Waals surface area contributed by atoms with E-state index < -0.39 is 0 Å². The quantitative estimate of drug-likeness (QED) is 0.159. The molecule has 0 nitrogen and oxygen atoms in total. The maximum Gasteiger partial charge on any atom is -0.0143 e. The van der Waals surface area contributed by atoms with Crippen LogP contribution in [0.4, 0.5) is 0 Å². The summed E-state index contributed by atoms with van der Waals surface area (Å²) in [6.45, 7) is 23.8. The predicted molar refractivity (Wildman–Crippen MR) is 160 cm³/mol. The second-order valence-corrected chi connectivity index (χ2v) is 12.0. The number of rotatable bonds is 11. The van der Waals surface area contributed by atoms with Gasteiger partial charge in [0, 0.05) is 0 Å². The summed E-state index contributed by atoms with van der Waals surface area (Å²) in [5.41, 5.74) is 4.17. The molecule has 34 heavy (non-hydrogen) atoms. The van der Waals surface area contributed by atoms with Crippen LogP contribution in [0.25, 0.3) is 0 Å². The van der Waals surface area contributed by atoms with Crippen LogP contribution in [-0.2, 0) is 0 Å². The van der Waals surface area contributed by atoms with Crippen LogP contribution in [0.1, 0.15) is 140 Å². The maximum atomic E-state index is 4.10. The van der Waals surface area contributed by atoms with Gasteiger partial charge >= 0.3 is 0 Å². The Balaban J connectivity index is 0. The zero-order chi connectivity index (χ0) is 24.2. The fourth-order valence-electron chi connectivity index (χ4n) is 5.89. The minimum atomic E-state index is 0. The molecule has 0 amide bonds. The highest BCUT2D eigenvalue weighted by molar-refractivity contribution is 5.28. The summed E-state index contributed by atoms with van der Waals surface area (Å²) < 4.78 is 0. The van der Waals surface area contributed by atoms with Gasteiger partial charge in [0.2, 0.25) is 0 Å². The maximum absolute atomic E-state index is 4.10. The fourth-order valence-corrected chi connectivity index (χ4v) is 5.89. The van der Waals surface area contributed by atoms with E-state index >= 15 is 0 Å². The van der Waals surface area contributed by atoms with Crippen molar-refractivity contribution in [3.05, 3.63) is 48.6 Å². The molecule has 0 heteroatoms. The SMILES string of the molecule is C.C.C=C/C(=C/C=C1\CCCC2(C)C(CCCCC(C)C)CCC12)CCC(C)(C)CC.C=CC. The van der Waals surface area contributed by atoms with Crippen molar-refractivity contribution in [2.75, 3.05) is 0 Å². The molecule has 2 fully saturated rings. The smallest absolute Gasteiger partial charge is 0.0143 e. The van der Waals surface area contributed by atoms with Gasteiger partial charge in [-0.2, -0.15) is 0 Å². The van der Waals surface area contributed by atoms with Gasteiger partial charge in [-0.3, -0.25) is 0 Å². The Hall–Kier alpha value is -1.04. The van der Waals surface area contributed by atoms with Crippen LogP contribution in [0.5, 0.6) is 0 Å². The second kappa shape index (κ2) is 17.4. The van der Waals surface area contributed by atoms with Gasteiger partial charge in [0.15, 0.2) is 0 Å². The standard InChI is InChI=1S/C29H50.C3H6.2CH4/c1-8-24(20-22-28(5,6)9-2)16-17-25-14-12-21-29(7)26(18-19-27(25)29)15-11-10-13-23(3)4;1-3-2;;/h8,16-17,23,26-27H,1,9-15,18-22H2,2-7H3;3H,1H2,2H3;2*1H4/b24-16-,25-17+;;;. The van der Waals surface area contributed by atoms with Crippen molar-refractivity contribution in [2.24, 2.45) is 28.6 Å². The van der Waals surface area contributed by atoms with Crippen LogP contribution >= 0.6 is 0 Å². The van der Waals surface area contributed by atoms with E-state index in [2.05, 4.69) is 72.9 Å². The van der Waals surface area contributed by atoms with E-state index in [4.69, 9.17) is 0 Å². The number of unbranched alkanes of at least 4 members (excludes halogenated alkanes) is 1. The van der Waals surface area contributed by atoms with Gasteiger partial charge in [-0.1, -0.05) is 119 Å². The Morgan fingerprint density at radius 3 is 2.35 bits per heavy atom. The summed E-state index contributed by atoms with van der Waals surface area (Å²) in [4.78, 5) is 0. The summed E-state index contributed by atoms with van der Waals surface area (Å²) in [6, 6.07) is 0. The number of allylic oxidation sites excluding steroid dienone is 6. The number of hydrogen-bond acceptors (Lipinski definition) is 0. The van der Waals surface area contributed by atoms with Gasteiger partial charge in [-0.25, -0.2) is 0 Å². The van der Waals surface area contributed by atoms with Crippen molar-refractivity contribution < 1.29 is 0 Å². The minimum Gasteiger partial charge on any atom is -0.103 e. The molecule has 0 saturated heterocycles. The first-order valence-corrected chi connectivity index (χ1v) is 13.7. The van der Waals surface area contributed by atoms with Crippen LogP contribution in [0.3, 0.4) is 0 Å². The highest BCUT2D eigenvalue weighted by Crippen LogP contribution is 2.58. The van der Waals surface area contributed by atoms with E-state index in [0.29, 0.717) is 10.8 Å². The Labute approximate surface area is 217 Å². The molecule has 0 aliphatic heterocycles. The van der Waals surface area contributed by atoms with Crippen molar-refractivity contribution in [1.82, 2.24) is 0 Å². The Morgan fingerprint density at radius 2 is 1.79 bits per heavy atom. The first-order valence-electron chi connectivity index (χ1n) is 13.7. The van der Waals surface area contributed by atoms with E-state index in [1.807, 2.05) is 6.92 Å².